The summed E-state index contributed by atoms with van der Waals surface area (Å²) in [5.41, 5.74) is 0.215. The topological polar surface area (TPSA) is 63.2 Å². The number of hydrogen-bond acceptors (Lipinski definition) is 3. The largest absolute Gasteiger partial charge is 0.349 e. The number of amides is 1. The minimum Gasteiger partial charge on any atom is -0.349 e. The van der Waals surface area contributed by atoms with E-state index in [1.807, 2.05) is 0 Å². The second-order valence-electron chi connectivity index (χ2n) is 5.11. The van der Waals surface area contributed by atoms with Gasteiger partial charge in [0.1, 0.15) is 11.6 Å². The molecule has 0 bridgehead atoms. The molecule has 24 heavy (non-hydrogen) atoms. The molecule has 0 heterocycles. The lowest BCUT2D eigenvalue weighted by molar-refractivity contribution is -0.120. The molecule has 0 radical (unpaired) electrons. The van der Waals surface area contributed by atoms with Crippen molar-refractivity contribution in [3.63, 3.8) is 0 Å². The molecule has 0 fully saturated rings. The van der Waals surface area contributed by atoms with E-state index < -0.39 is 23.3 Å². The summed E-state index contributed by atoms with van der Waals surface area (Å²) in [7, 11) is 0. The summed E-state index contributed by atoms with van der Waals surface area (Å²) in [5.74, 6) is -2.43. The fourth-order valence-corrected chi connectivity index (χ4v) is 2.05. The lowest BCUT2D eigenvalue weighted by atomic mass is 10.1. The first-order chi connectivity index (χ1) is 11.5. The summed E-state index contributed by atoms with van der Waals surface area (Å²) in [6, 6.07) is 10.5. The maximum absolute atomic E-state index is 13.4. The first-order valence-corrected chi connectivity index (χ1v) is 7.30. The molecule has 0 saturated carbocycles. The van der Waals surface area contributed by atoms with E-state index in [1.165, 1.54) is 36.4 Å². The molecule has 2 rings (SSSR count). The minimum atomic E-state index is -0.630. The van der Waals surface area contributed by atoms with Gasteiger partial charge in [0.25, 0.3) is 0 Å². The van der Waals surface area contributed by atoms with Crippen LogP contribution >= 0.6 is 0 Å². The van der Waals surface area contributed by atoms with Crippen molar-refractivity contribution in [3.8, 4) is 0 Å². The molecule has 0 saturated heterocycles. The van der Waals surface area contributed by atoms with Gasteiger partial charge in [-0.2, -0.15) is 0 Å². The highest BCUT2D eigenvalue weighted by Gasteiger charge is 2.14. The van der Waals surface area contributed by atoms with Crippen molar-refractivity contribution in [2.45, 2.75) is 12.8 Å². The highest BCUT2D eigenvalue weighted by molar-refractivity contribution is 6.00. The van der Waals surface area contributed by atoms with Gasteiger partial charge in [0.05, 0.1) is 12.1 Å². The molecule has 0 unspecified atom stereocenters. The summed E-state index contributed by atoms with van der Waals surface area (Å²) < 4.78 is 26.2. The Bertz CT molecular complexity index is 757. The number of ketones is 2. The SMILES string of the molecule is O=C(CCC(=O)c1ccccc1F)NCC(=O)c1ccc(F)cc1. The molecule has 0 aromatic heterocycles. The quantitative estimate of drug-likeness (QED) is 0.794. The molecule has 4 nitrogen and oxygen atoms in total. The van der Waals surface area contributed by atoms with Crippen molar-refractivity contribution in [3.05, 3.63) is 71.3 Å². The Kier molecular flexibility index (Phi) is 5.89. The van der Waals surface area contributed by atoms with Crippen molar-refractivity contribution in [1.82, 2.24) is 5.32 Å². The highest BCUT2D eigenvalue weighted by atomic mass is 19.1. The van der Waals surface area contributed by atoms with Crippen molar-refractivity contribution in [1.29, 1.82) is 0 Å². The summed E-state index contributed by atoms with van der Waals surface area (Å²) in [4.78, 5) is 35.3. The number of hydrogen-bond donors (Lipinski definition) is 1. The number of benzene rings is 2. The predicted octanol–water partition coefficient (Wildman–Crippen LogP) is 2.93. The monoisotopic (exact) mass is 331 g/mol. The van der Waals surface area contributed by atoms with Crippen molar-refractivity contribution in [2.75, 3.05) is 6.54 Å². The summed E-state index contributed by atoms with van der Waals surface area (Å²) in [5, 5.41) is 2.39. The molecular formula is C18H15F2NO3. The van der Waals surface area contributed by atoms with Gasteiger partial charge in [-0.25, -0.2) is 8.78 Å². The fraction of sp³-hybridized carbons (Fsp3) is 0.167. The Labute approximate surface area is 137 Å². The van der Waals surface area contributed by atoms with Crippen LogP contribution in [0.2, 0.25) is 0 Å². The highest BCUT2D eigenvalue weighted by Crippen LogP contribution is 2.10. The van der Waals surface area contributed by atoms with Gasteiger partial charge in [-0.1, -0.05) is 12.1 Å². The molecule has 0 aliphatic carbocycles. The standard InChI is InChI=1S/C18H15F2NO3/c19-13-7-5-12(6-8-13)17(23)11-21-18(24)10-9-16(22)14-3-1-2-4-15(14)20/h1-8H,9-11H2,(H,21,24). The van der Waals surface area contributed by atoms with Crippen molar-refractivity contribution < 1.29 is 23.2 Å². The van der Waals surface area contributed by atoms with Crippen LogP contribution in [0.3, 0.4) is 0 Å². The maximum Gasteiger partial charge on any atom is 0.220 e. The molecule has 0 spiro atoms. The molecular weight excluding hydrogens is 316 g/mol. The zero-order chi connectivity index (χ0) is 17.5. The van der Waals surface area contributed by atoms with Gasteiger partial charge in [-0.05, 0) is 36.4 Å². The molecule has 0 atom stereocenters. The number of carbonyl (C=O) groups is 3. The van der Waals surface area contributed by atoms with Gasteiger partial charge < -0.3 is 5.32 Å². The van der Waals surface area contributed by atoms with Crippen LogP contribution in [0.5, 0.6) is 0 Å². The third-order valence-corrected chi connectivity index (χ3v) is 3.37. The second-order valence-corrected chi connectivity index (χ2v) is 5.11. The third kappa shape index (κ3) is 4.81. The molecule has 2 aromatic carbocycles. The van der Waals surface area contributed by atoms with E-state index in [0.29, 0.717) is 0 Å². The molecule has 0 aliphatic heterocycles. The number of nitrogens with one attached hydrogen (secondary N) is 1. The number of Topliss-reactive ketones (excluding diaryl/α,β-unsaturated/α-hetero) is 2. The maximum atomic E-state index is 13.4. The van der Waals surface area contributed by atoms with Crippen LogP contribution in [-0.2, 0) is 4.79 Å². The lowest BCUT2D eigenvalue weighted by Crippen LogP contribution is -2.29. The number of carbonyl (C=O) groups excluding carboxylic acids is 3. The van der Waals surface area contributed by atoms with Crippen LogP contribution in [0.1, 0.15) is 33.6 Å². The lowest BCUT2D eigenvalue weighted by Gasteiger charge is -2.05. The molecule has 1 amide bonds. The van der Waals surface area contributed by atoms with Gasteiger partial charge in [0.2, 0.25) is 5.91 Å². The van der Waals surface area contributed by atoms with Gasteiger partial charge in [-0.15, -0.1) is 0 Å². The average molecular weight is 331 g/mol. The molecule has 6 heteroatoms. The third-order valence-electron chi connectivity index (χ3n) is 3.37. The van der Waals surface area contributed by atoms with Gasteiger partial charge in [0.15, 0.2) is 11.6 Å². The predicted molar refractivity (Wildman–Crippen MR) is 83.7 cm³/mol. The van der Waals surface area contributed by atoms with Gasteiger partial charge in [-0.3, -0.25) is 14.4 Å². The Morgan fingerprint density at radius 2 is 1.50 bits per heavy atom. The summed E-state index contributed by atoms with van der Waals surface area (Å²) in [6.45, 7) is -0.252. The van der Waals surface area contributed by atoms with Crippen molar-refractivity contribution >= 4 is 17.5 Å². The Morgan fingerprint density at radius 1 is 0.833 bits per heavy atom. The molecule has 0 aliphatic rings. The first kappa shape index (κ1) is 17.5. The molecule has 1 N–H and O–H groups in total. The van der Waals surface area contributed by atoms with E-state index in [9.17, 15) is 23.2 Å². The van der Waals surface area contributed by atoms with Crippen LogP contribution in [-0.4, -0.2) is 24.0 Å². The van der Waals surface area contributed by atoms with Crippen LogP contribution in [0.4, 0.5) is 8.78 Å². The fourth-order valence-electron chi connectivity index (χ4n) is 2.05. The average Bonchev–Trinajstić information content (AvgIpc) is 2.58. The smallest absolute Gasteiger partial charge is 0.220 e. The second kappa shape index (κ2) is 8.10. The van der Waals surface area contributed by atoms with Crippen molar-refractivity contribution in [2.24, 2.45) is 0 Å². The van der Waals surface area contributed by atoms with Crippen LogP contribution < -0.4 is 5.32 Å². The van der Waals surface area contributed by atoms with Crippen LogP contribution in [0, 0.1) is 11.6 Å². The van der Waals surface area contributed by atoms with Crippen LogP contribution in [0.25, 0.3) is 0 Å². The van der Waals surface area contributed by atoms with Gasteiger partial charge >= 0.3 is 0 Å². The summed E-state index contributed by atoms with van der Waals surface area (Å²) in [6.07, 6.45) is -0.304. The van der Waals surface area contributed by atoms with E-state index in [2.05, 4.69) is 5.32 Å². The molecule has 124 valence electrons. The van der Waals surface area contributed by atoms with E-state index in [1.54, 1.807) is 0 Å². The number of rotatable bonds is 7. The zero-order valence-corrected chi connectivity index (χ0v) is 12.7. The summed E-state index contributed by atoms with van der Waals surface area (Å²) >= 11 is 0. The first-order valence-electron chi connectivity index (χ1n) is 7.30. The Balaban J connectivity index is 1.79. The Morgan fingerprint density at radius 3 is 2.17 bits per heavy atom. The van der Waals surface area contributed by atoms with E-state index in [0.717, 1.165) is 12.1 Å². The van der Waals surface area contributed by atoms with E-state index in [-0.39, 0.29) is 36.3 Å². The van der Waals surface area contributed by atoms with Gasteiger partial charge in [0, 0.05) is 18.4 Å². The number of halogens is 2. The Hall–Kier alpha value is -2.89. The zero-order valence-electron chi connectivity index (χ0n) is 12.7. The van der Waals surface area contributed by atoms with E-state index in [4.69, 9.17) is 0 Å². The minimum absolute atomic E-state index is 0.0623. The molecule has 2 aromatic rings. The normalized spacial score (nSPS) is 10.2. The van der Waals surface area contributed by atoms with E-state index >= 15 is 0 Å². The van der Waals surface area contributed by atoms with Crippen LogP contribution in [0.15, 0.2) is 48.5 Å².